The van der Waals surface area contributed by atoms with Crippen molar-refractivity contribution in [2.24, 2.45) is 5.92 Å². The van der Waals surface area contributed by atoms with Crippen LogP contribution in [0.5, 0.6) is 0 Å². The third kappa shape index (κ3) is 3.45. The van der Waals surface area contributed by atoms with Gasteiger partial charge in [0.05, 0.1) is 0 Å². The molecule has 0 aromatic carbocycles. The minimum Gasteiger partial charge on any atom is -0.356 e. The van der Waals surface area contributed by atoms with Crippen molar-refractivity contribution in [1.82, 2.24) is 20.1 Å². The topological polar surface area (TPSA) is 63.1 Å². The summed E-state index contributed by atoms with van der Waals surface area (Å²) in [7, 11) is 0. The molecule has 3 heterocycles. The third-order valence-corrected chi connectivity index (χ3v) is 5.52. The van der Waals surface area contributed by atoms with E-state index in [0.717, 1.165) is 49.2 Å². The van der Waals surface area contributed by atoms with E-state index in [1.807, 2.05) is 0 Å². The van der Waals surface area contributed by atoms with Gasteiger partial charge in [-0.05, 0) is 45.2 Å². The molecule has 1 aliphatic rings. The van der Waals surface area contributed by atoms with Gasteiger partial charge in [0.1, 0.15) is 0 Å². The van der Waals surface area contributed by atoms with Gasteiger partial charge < -0.3 is 10.2 Å². The van der Waals surface area contributed by atoms with Crippen LogP contribution in [0.3, 0.4) is 0 Å². The van der Waals surface area contributed by atoms with Gasteiger partial charge in [-0.3, -0.25) is 9.36 Å². The Kier molecular flexibility index (Phi) is 5.18. The Morgan fingerprint density at radius 2 is 1.83 bits per heavy atom. The molecular formula is C17H25N5OS. The summed E-state index contributed by atoms with van der Waals surface area (Å²) >= 11 is 1.62. The molecule has 0 aliphatic carbocycles. The molecule has 1 fully saturated rings. The Balaban J connectivity index is 1.63. The van der Waals surface area contributed by atoms with Crippen molar-refractivity contribution in [2.75, 3.05) is 24.5 Å². The first-order valence-corrected chi connectivity index (χ1v) is 9.43. The summed E-state index contributed by atoms with van der Waals surface area (Å²) in [5.41, 5.74) is 2.34. The molecule has 1 aliphatic heterocycles. The molecule has 0 bridgehead atoms. The van der Waals surface area contributed by atoms with Crippen LogP contribution >= 0.6 is 11.3 Å². The summed E-state index contributed by atoms with van der Waals surface area (Å²) in [6.07, 6.45) is 2.74. The maximum Gasteiger partial charge on any atom is 0.223 e. The van der Waals surface area contributed by atoms with Crippen molar-refractivity contribution in [3.63, 3.8) is 0 Å². The van der Waals surface area contributed by atoms with Crippen LogP contribution in [0.4, 0.5) is 5.13 Å². The van der Waals surface area contributed by atoms with E-state index in [0.29, 0.717) is 0 Å². The second kappa shape index (κ2) is 7.34. The number of aromatic nitrogens is 3. The van der Waals surface area contributed by atoms with Crippen LogP contribution < -0.4 is 10.2 Å². The predicted octanol–water partition coefficient (Wildman–Crippen LogP) is 2.69. The first kappa shape index (κ1) is 17.0. The highest BCUT2D eigenvalue weighted by atomic mass is 32.1. The average molecular weight is 347 g/mol. The second-order valence-electron chi connectivity index (χ2n) is 6.37. The van der Waals surface area contributed by atoms with Crippen LogP contribution in [-0.2, 0) is 4.79 Å². The maximum absolute atomic E-state index is 12.1. The fourth-order valence-corrected chi connectivity index (χ4v) is 4.14. The molecule has 0 radical (unpaired) electrons. The first-order chi connectivity index (χ1) is 11.6. The summed E-state index contributed by atoms with van der Waals surface area (Å²) in [5, 5.41) is 13.6. The van der Waals surface area contributed by atoms with E-state index in [-0.39, 0.29) is 11.8 Å². The summed E-state index contributed by atoms with van der Waals surface area (Å²) < 4.78 is 2.13. The lowest BCUT2D eigenvalue weighted by molar-refractivity contribution is -0.125. The SMILES string of the molecule is CCCNC(=O)C1CCN(c2nnc(-n3c(C)ccc3C)s2)CC1. The van der Waals surface area contributed by atoms with E-state index in [1.165, 1.54) is 11.4 Å². The van der Waals surface area contributed by atoms with Gasteiger partial charge in [-0.2, -0.15) is 0 Å². The van der Waals surface area contributed by atoms with Crippen molar-refractivity contribution >= 4 is 22.4 Å². The van der Waals surface area contributed by atoms with Crippen molar-refractivity contribution in [1.29, 1.82) is 0 Å². The van der Waals surface area contributed by atoms with Gasteiger partial charge in [-0.1, -0.05) is 18.3 Å². The van der Waals surface area contributed by atoms with Crippen molar-refractivity contribution < 1.29 is 4.79 Å². The molecule has 6 nitrogen and oxygen atoms in total. The summed E-state index contributed by atoms with van der Waals surface area (Å²) in [5.74, 6) is 0.335. The van der Waals surface area contributed by atoms with E-state index in [9.17, 15) is 4.79 Å². The average Bonchev–Trinajstić information content (AvgIpc) is 3.19. The van der Waals surface area contributed by atoms with Gasteiger partial charge in [0.2, 0.25) is 16.2 Å². The lowest BCUT2D eigenvalue weighted by Gasteiger charge is -2.30. The first-order valence-electron chi connectivity index (χ1n) is 8.61. The Labute approximate surface area is 146 Å². The molecular weight excluding hydrogens is 322 g/mol. The highest BCUT2D eigenvalue weighted by Crippen LogP contribution is 2.29. The van der Waals surface area contributed by atoms with Crippen molar-refractivity contribution in [3.05, 3.63) is 23.5 Å². The number of rotatable bonds is 5. The number of piperidine rings is 1. The summed E-state index contributed by atoms with van der Waals surface area (Å²) in [4.78, 5) is 14.3. The molecule has 1 amide bonds. The van der Waals surface area contributed by atoms with Gasteiger partial charge >= 0.3 is 0 Å². The molecule has 3 rings (SSSR count). The normalized spacial score (nSPS) is 15.7. The van der Waals surface area contributed by atoms with Crippen LogP contribution in [0.25, 0.3) is 5.13 Å². The highest BCUT2D eigenvalue weighted by molar-refractivity contribution is 7.17. The van der Waals surface area contributed by atoms with Gasteiger partial charge in [0, 0.05) is 36.9 Å². The van der Waals surface area contributed by atoms with Crippen molar-refractivity contribution in [3.8, 4) is 5.13 Å². The minimum absolute atomic E-state index is 0.133. The van der Waals surface area contributed by atoms with E-state index in [4.69, 9.17) is 0 Å². The van der Waals surface area contributed by atoms with Crippen LogP contribution in [0, 0.1) is 19.8 Å². The summed E-state index contributed by atoms with van der Waals surface area (Å²) in [6.45, 7) is 8.73. The van der Waals surface area contributed by atoms with Gasteiger partial charge in [0.25, 0.3) is 0 Å². The Morgan fingerprint density at radius 3 is 2.46 bits per heavy atom. The number of hydrogen-bond acceptors (Lipinski definition) is 5. The molecule has 0 saturated carbocycles. The van der Waals surface area contributed by atoms with E-state index in [2.05, 4.69) is 57.9 Å². The quantitative estimate of drug-likeness (QED) is 0.903. The number of carbonyl (C=O) groups is 1. The van der Waals surface area contributed by atoms with Gasteiger partial charge in [0.15, 0.2) is 0 Å². The van der Waals surface area contributed by atoms with Crippen molar-refractivity contribution in [2.45, 2.75) is 40.0 Å². The van der Waals surface area contributed by atoms with Crippen LogP contribution in [-0.4, -0.2) is 40.3 Å². The number of nitrogens with zero attached hydrogens (tertiary/aromatic N) is 4. The van der Waals surface area contributed by atoms with Crippen LogP contribution in [0.15, 0.2) is 12.1 Å². The molecule has 7 heteroatoms. The predicted molar refractivity (Wildman–Crippen MR) is 96.9 cm³/mol. The fraction of sp³-hybridized carbons (Fsp3) is 0.588. The number of nitrogens with one attached hydrogen (secondary N) is 1. The van der Waals surface area contributed by atoms with Gasteiger partial charge in [-0.25, -0.2) is 0 Å². The molecule has 0 spiro atoms. The number of anilines is 1. The lowest BCUT2D eigenvalue weighted by atomic mass is 9.96. The Bertz CT molecular complexity index is 680. The van der Waals surface area contributed by atoms with Crippen LogP contribution in [0.2, 0.25) is 0 Å². The number of aryl methyl sites for hydroxylation is 2. The zero-order valence-electron chi connectivity index (χ0n) is 14.6. The third-order valence-electron chi connectivity index (χ3n) is 4.55. The minimum atomic E-state index is 0.133. The lowest BCUT2D eigenvalue weighted by Crippen LogP contribution is -2.40. The molecule has 0 atom stereocenters. The van der Waals surface area contributed by atoms with Gasteiger partial charge in [-0.15, -0.1) is 10.2 Å². The molecule has 2 aromatic heterocycles. The Hall–Kier alpha value is -1.89. The standard InChI is InChI=1S/C17H25N5OS/c1-4-9-18-15(23)14-7-10-21(11-8-14)16-19-20-17(24-16)22-12(2)5-6-13(22)3/h5-6,14H,4,7-11H2,1-3H3,(H,18,23). The van der Waals surface area contributed by atoms with Crippen LogP contribution in [0.1, 0.15) is 37.6 Å². The fourth-order valence-electron chi connectivity index (χ4n) is 3.12. The number of hydrogen-bond donors (Lipinski definition) is 1. The Morgan fingerprint density at radius 1 is 1.21 bits per heavy atom. The van der Waals surface area contributed by atoms with E-state index in [1.54, 1.807) is 11.3 Å². The monoisotopic (exact) mass is 347 g/mol. The smallest absolute Gasteiger partial charge is 0.223 e. The maximum atomic E-state index is 12.1. The van der Waals surface area contributed by atoms with E-state index < -0.39 is 0 Å². The second-order valence-corrected chi connectivity index (χ2v) is 7.31. The molecule has 1 saturated heterocycles. The number of carbonyl (C=O) groups excluding carboxylic acids is 1. The molecule has 2 aromatic rings. The summed E-state index contributed by atoms with van der Waals surface area (Å²) in [6, 6.07) is 4.19. The molecule has 1 N–H and O–H groups in total. The zero-order valence-corrected chi connectivity index (χ0v) is 15.4. The zero-order chi connectivity index (χ0) is 17.1. The number of amides is 1. The molecule has 130 valence electrons. The van der Waals surface area contributed by atoms with E-state index >= 15 is 0 Å². The molecule has 0 unspecified atom stereocenters. The highest BCUT2D eigenvalue weighted by Gasteiger charge is 2.26. The largest absolute Gasteiger partial charge is 0.356 e. The molecule has 24 heavy (non-hydrogen) atoms.